The van der Waals surface area contributed by atoms with Crippen LogP contribution in [0.15, 0.2) is 24.3 Å². The van der Waals surface area contributed by atoms with Crippen molar-refractivity contribution in [2.45, 2.75) is 53.1 Å². The average molecular weight is 391 g/mol. The number of benzene rings is 1. The largest absolute Gasteiger partial charge is 1.00 e. The van der Waals surface area contributed by atoms with Crippen molar-refractivity contribution in [3.05, 3.63) is 52.6 Å². The van der Waals surface area contributed by atoms with E-state index in [4.69, 9.17) is 0 Å². The van der Waals surface area contributed by atoms with E-state index < -0.39 is 0 Å². The highest BCUT2D eigenvalue weighted by Crippen LogP contribution is 2.30. The van der Waals surface area contributed by atoms with Gasteiger partial charge in [0.1, 0.15) is 0 Å². The number of fused-ring (bicyclic) bond motifs is 2. The summed E-state index contributed by atoms with van der Waals surface area (Å²) < 4.78 is 4.06. The highest BCUT2D eigenvalue weighted by molar-refractivity contribution is 6.26. The van der Waals surface area contributed by atoms with Crippen molar-refractivity contribution < 1.29 is 31.1 Å². The van der Waals surface area contributed by atoms with Crippen LogP contribution in [-0.4, -0.2) is 16.1 Å². The molecule has 5 heteroatoms. The van der Waals surface area contributed by atoms with Crippen molar-refractivity contribution in [1.29, 1.82) is 0 Å². The quantitative estimate of drug-likeness (QED) is 0.608. The molecule has 0 N–H and O–H groups in total. The number of imidazole rings is 1. The minimum absolute atomic E-state index is 0. The molecule has 1 aliphatic rings. The monoisotopic (exact) mass is 390 g/mol. The van der Waals surface area contributed by atoms with Gasteiger partial charge in [-0.05, 0) is 27.2 Å². The molecule has 0 fully saturated rings. The summed E-state index contributed by atoms with van der Waals surface area (Å²) in [4.78, 5) is 26.2. The molecule has 1 aromatic carbocycles. The van der Waals surface area contributed by atoms with Gasteiger partial charge in [0.25, 0.3) is 5.82 Å². The molecule has 0 saturated carbocycles. The number of halogens is 1. The predicted molar refractivity (Wildman–Crippen MR) is 88.1 cm³/mol. The van der Waals surface area contributed by atoms with Crippen LogP contribution in [0.1, 0.15) is 84.1 Å². The lowest BCUT2D eigenvalue weighted by atomic mass is 9.89. The van der Waals surface area contributed by atoms with E-state index >= 15 is 0 Å². The minimum atomic E-state index is -0.0472. The first kappa shape index (κ1) is 18.6. The number of hydrogen-bond donors (Lipinski definition) is 0. The van der Waals surface area contributed by atoms with Crippen LogP contribution in [0, 0.1) is 6.92 Å². The van der Waals surface area contributed by atoms with Gasteiger partial charge >= 0.3 is 0 Å². The molecule has 0 spiro atoms. The van der Waals surface area contributed by atoms with E-state index in [0.717, 1.165) is 12.2 Å². The van der Waals surface area contributed by atoms with Crippen LogP contribution < -0.4 is 21.5 Å². The van der Waals surface area contributed by atoms with Crippen LogP contribution in [0.2, 0.25) is 0 Å². The first-order chi connectivity index (χ1) is 10.9. The molecule has 1 unspecified atom stereocenters. The normalized spacial score (nSPS) is 14.2. The molecule has 0 radical (unpaired) electrons. The molecule has 1 aromatic heterocycles. The Kier molecular flexibility index (Phi) is 5.14. The number of nitrogens with zero attached hydrogens (tertiary/aromatic N) is 2. The molecule has 0 amide bonds. The zero-order valence-electron chi connectivity index (χ0n) is 14.8. The number of hydrogen-bond acceptors (Lipinski definition) is 2. The van der Waals surface area contributed by atoms with E-state index in [9.17, 15) is 9.59 Å². The van der Waals surface area contributed by atoms with Crippen LogP contribution >= 0.6 is 0 Å². The molecule has 1 atom stereocenters. The summed E-state index contributed by atoms with van der Waals surface area (Å²) in [5.74, 6) is 0.876. The van der Waals surface area contributed by atoms with Crippen LogP contribution in [0.25, 0.3) is 0 Å². The van der Waals surface area contributed by atoms with Gasteiger partial charge in [0.15, 0.2) is 0 Å². The Balaban J connectivity index is 0.00000208. The summed E-state index contributed by atoms with van der Waals surface area (Å²) in [6.45, 7) is 10.3. The van der Waals surface area contributed by atoms with Gasteiger partial charge in [0, 0.05) is 18.1 Å². The van der Waals surface area contributed by atoms with E-state index in [1.165, 1.54) is 0 Å². The zero-order chi connectivity index (χ0) is 16.9. The molecule has 0 aliphatic heterocycles. The number of ketones is 2. The summed E-state index contributed by atoms with van der Waals surface area (Å²) in [7, 11) is 0. The summed E-state index contributed by atoms with van der Waals surface area (Å²) in [6.07, 6.45) is 0.906. The van der Waals surface area contributed by atoms with Crippen molar-refractivity contribution in [3.8, 4) is 0 Å². The van der Waals surface area contributed by atoms with Gasteiger partial charge in [-0.1, -0.05) is 31.2 Å². The Morgan fingerprint density at radius 1 is 1.04 bits per heavy atom. The van der Waals surface area contributed by atoms with E-state index in [1.807, 2.05) is 42.0 Å². The van der Waals surface area contributed by atoms with Gasteiger partial charge < -0.3 is 17.0 Å². The van der Waals surface area contributed by atoms with E-state index in [0.29, 0.717) is 22.5 Å². The van der Waals surface area contributed by atoms with Crippen LogP contribution in [0.4, 0.5) is 0 Å². The van der Waals surface area contributed by atoms with Crippen molar-refractivity contribution in [3.63, 3.8) is 0 Å². The Labute approximate surface area is 153 Å². The van der Waals surface area contributed by atoms with Crippen LogP contribution in [0.5, 0.6) is 0 Å². The predicted octanol–water partition coefficient (Wildman–Crippen LogP) is 0.415. The van der Waals surface area contributed by atoms with E-state index in [-0.39, 0.29) is 40.6 Å². The van der Waals surface area contributed by atoms with Gasteiger partial charge in [-0.15, -0.1) is 0 Å². The fourth-order valence-corrected chi connectivity index (χ4v) is 3.59. The van der Waals surface area contributed by atoms with Crippen molar-refractivity contribution in [1.82, 2.24) is 4.57 Å². The Bertz CT molecular complexity index is 821. The van der Waals surface area contributed by atoms with Gasteiger partial charge in [0.05, 0.1) is 12.1 Å². The zero-order valence-corrected chi connectivity index (χ0v) is 16.3. The number of rotatable bonds is 3. The van der Waals surface area contributed by atoms with E-state index in [1.54, 1.807) is 12.1 Å². The molecule has 128 valence electrons. The number of carbonyl (C=O) groups excluding carboxylic acids is 2. The first-order valence-corrected chi connectivity index (χ1v) is 8.24. The third-order valence-corrected chi connectivity index (χ3v) is 4.80. The molecular formula is C19H23BrN2O2. The van der Waals surface area contributed by atoms with Crippen molar-refractivity contribution in [2.75, 3.05) is 0 Å². The van der Waals surface area contributed by atoms with Gasteiger partial charge in [-0.3, -0.25) is 9.59 Å². The maximum absolute atomic E-state index is 13.1. The van der Waals surface area contributed by atoms with Gasteiger partial charge in [0.2, 0.25) is 23.0 Å². The maximum Gasteiger partial charge on any atom is 0.254 e. The second-order valence-corrected chi connectivity index (χ2v) is 6.54. The lowest BCUT2D eigenvalue weighted by molar-refractivity contribution is -0.726. The topological polar surface area (TPSA) is 43.0 Å². The summed E-state index contributed by atoms with van der Waals surface area (Å²) >= 11 is 0. The van der Waals surface area contributed by atoms with Gasteiger partial charge in [-0.25, -0.2) is 9.13 Å². The number of carbonyl (C=O) groups is 2. The number of aromatic nitrogens is 2. The Morgan fingerprint density at radius 3 is 2.08 bits per heavy atom. The Hall–Kier alpha value is -1.75. The minimum Gasteiger partial charge on any atom is -1.00 e. The molecule has 0 bridgehead atoms. The maximum atomic E-state index is 13.1. The summed E-state index contributed by atoms with van der Waals surface area (Å²) in [5.41, 5.74) is 2.12. The van der Waals surface area contributed by atoms with Crippen molar-refractivity contribution in [2.24, 2.45) is 0 Å². The second kappa shape index (κ2) is 6.63. The molecule has 3 rings (SSSR count). The summed E-state index contributed by atoms with van der Waals surface area (Å²) in [5, 5.41) is 0. The highest BCUT2D eigenvalue weighted by Gasteiger charge is 2.44. The standard InChI is InChI=1S/C19H23N2O2.BrH/c1-6-12(4)21-13(5)20(11(2)3)16-17(21)19(23)15-10-8-7-9-14(15)18(16)22;/h7-12H,6H2,1-5H3;1H/q+1;/p-1. The lowest BCUT2D eigenvalue weighted by Gasteiger charge is -2.14. The smallest absolute Gasteiger partial charge is 0.254 e. The fourth-order valence-electron chi connectivity index (χ4n) is 3.59. The molecule has 2 aromatic rings. The molecule has 0 saturated heterocycles. The van der Waals surface area contributed by atoms with Gasteiger partial charge in [-0.2, -0.15) is 0 Å². The first-order valence-electron chi connectivity index (χ1n) is 8.24. The lowest BCUT2D eigenvalue weighted by Crippen LogP contribution is -3.00. The Morgan fingerprint density at radius 2 is 1.58 bits per heavy atom. The van der Waals surface area contributed by atoms with E-state index in [2.05, 4.69) is 13.8 Å². The summed E-state index contributed by atoms with van der Waals surface area (Å²) in [6, 6.07) is 7.42. The highest BCUT2D eigenvalue weighted by atomic mass is 79.9. The average Bonchev–Trinajstić information content (AvgIpc) is 2.85. The fraction of sp³-hybridized carbons (Fsp3) is 0.421. The third-order valence-electron chi connectivity index (χ3n) is 4.80. The van der Waals surface area contributed by atoms with Crippen LogP contribution in [0.3, 0.4) is 0 Å². The molecule has 1 heterocycles. The molecular weight excluding hydrogens is 368 g/mol. The molecule has 1 aliphatic carbocycles. The SMILES string of the molecule is CCC(C)[n+]1c2c(n(C(C)C)c1C)C(=O)c1ccccc1C2=O.[Br-]. The molecule has 4 nitrogen and oxygen atoms in total. The third kappa shape index (κ3) is 2.46. The van der Waals surface area contributed by atoms with Crippen LogP contribution in [-0.2, 0) is 0 Å². The second-order valence-electron chi connectivity index (χ2n) is 6.54. The van der Waals surface area contributed by atoms with Crippen molar-refractivity contribution >= 4 is 11.6 Å². The molecule has 24 heavy (non-hydrogen) atoms.